The second-order valence-corrected chi connectivity index (χ2v) is 7.42. The van der Waals surface area contributed by atoms with Crippen molar-refractivity contribution in [2.75, 3.05) is 11.9 Å². The van der Waals surface area contributed by atoms with Gasteiger partial charge in [-0.1, -0.05) is 40.9 Å². The Kier molecular flexibility index (Phi) is 8.95. The summed E-state index contributed by atoms with van der Waals surface area (Å²) >= 11 is 9.28. The Morgan fingerprint density at radius 1 is 1.03 bits per heavy atom. The van der Waals surface area contributed by atoms with E-state index in [1.165, 1.54) is 0 Å². The Labute approximate surface area is 182 Å². The molecule has 0 aliphatic heterocycles. The molecule has 2 rings (SSSR count). The Morgan fingerprint density at radius 3 is 2.41 bits per heavy atom. The van der Waals surface area contributed by atoms with E-state index in [9.17, 15) is 14.4 Å². The van der Waals surface area contributed by atoms with Crippen molar-refractivity contribution in [3.63, 3.8) is 0 Å². The highest BCUT2D eigenvalue weighted by molar-refractivity contribution is 9.10. The summed E-state index contributed by atoms with van der Waals surface area (Å²) in [7, 11) is 0. The van der Waals surface area contributed by atoms with Crippen LogP contribution in [0.1, 0.15) is 36.5 Å². The molecule has 3 amide bonds. The van der Waals surface area contributed by atoms with Crippen molar-refractivity contribution in [3.8, 4) is 5.75 Å². The maximum absolute atomic E-state index is 12.1. The van der Waals surface area contributed by atoms with Crippen LogP contribution < -0.4 is 20.9 Å². The minimum Gasteiger partial charge on any atom is -0.482 e. The van der Waals surface area contributed by atoms with Crippen LogP contribution >= 0.6 is 27.5 Å². The monoisotopic (exact) mass is 481 g/mol. The van der Waals surface area contributed by atoms with E-state index in [2.05, 4.69) is 32.1 Å². The maximum atomic E-state index is 12.1. The fourth-order valence-electron chi connectivity index (χ4n) is 2.24. The van der Waals surface area contributed by atoms with Crippen LogP contribution in [0.25, 0.3) is 0 Å². The van der Waals surface area contributed by atoms with Gasteiger partial charge in [0.2, 0.25) is 5.91 Å². The number of anilines is 1. The van der Waals surface area contributed by atoms with Crippen LogP contribution in [0, 0.1) is 0 Å². The normalized spacial score (nSPS) is 10.2. The number of hydrazine groups is 1. The predicted molar refractivity (Wildman–Crippen MR) is 115 cm³/mol. The zero-order chi connectivity index (χ0) is 21.2. The Balaban J connectivity index is 1.77. The minimum atomic E-state index is -0.544. The van der Waals surface area contributed by atoms with E-state index >= 15 is 0 Å². The zero-order valence-corrected chi connectivity index (χ0v) is 18.1. The van der Waals surface area contributed by atoms with Gasteiger partial charge in [0.15, 0.2) is 6.61 Å². The lowest BCUT2D eigenvalue weighted by Gasteiger charge is -2.10. The Morgan fingerprint density at radius 2 is 1.76 bits per heavy atom. The van der Waals surface area contributed by atoms with E-state index in [4.69, 9.17) is 16.3 Å². The average Bonchev–Trinajstić information content (AvgIpc) is 2.70. The molecule has 0 bridgehead atoms. The van der Waals surface area contributed by atoms with Crippen molar-refractivity contribution >= 4 is 50.9 Å². The number of amides is 3. The summed E-state index contributed by atoms with van der Waals surface area (Å²) in [5, 5.41) is 3.12. The van der Waals surface area contributed by atoms with Gasteiger partial charge in [-0.2, -0.15) is 0 Å². The van der Waals surface area contributed by atoms with Crippen molar-refractivity contribution < 1.29 is 19.1 Å². The number of hydrogen-bond acceptors (Lipinski definition) is 4. The van der Waals surface area contributed by atoms with Gasteiger partial charge in [-0.05, 0) is 48.9 Å². The van der Waals surface area contributed by atoms with Crippen LogP contribution in [-0.2, 0) is 9.59 Å². The molecule has 9 heteroatoms. The Hall–Kier alpha value is -2.58. The molecule has 0 aromatic heterocycles. The quantitative estimate of drug-likeness (QED) is 0.494. The number of carbonyl (C=O) groups is 3. The van der Waals surface area contributed by atoms with Crippen LogP contribution in [0.15, 0.2) is 46.9 Å². The molecule has 0 aliphatic rings. The summed E-state index contributed by atoms with van der Waals surface area (Å²) in [6.07, 6.45) is 2.22. The number of halogens is 2. The molecule has 29 heavy (non-hydrogen) atoms. The molecule has 0 saturated heterocycles. The summed E-state index contributed by atoms with van der Waals surface area (Å²) in [6.45, 7) is 1.70. The summed E-state index contributed by atoms with van der Waals surface area (Å²) in [5.74, 6) is -0.754. The fraction of sp³-hybridized carbons (Fsp3) is 0.250. The average molecular weight is 483 g/mol. The van der Waals surface area contributed by atoms with Gasteiger partial charge in [-0.25, -0.2) is 0 Å². The molecule has 0 fully saturated rings. The molecule has 0 aliphatic carbocycles. The number of benzene rings is 2. The van der Waals surface area contributed by atoms with Crippen LogP contribution in [0.5, 0.6) is 5.75 Å². The standard InChI is InChI=1S/C20H21BrClN3O4/c1-2-3-4-18(26)23-15-8-5-13(6-9-15)20(28)25-24-19(27)12-29-17-10-7-14(21)11-16(17)22/h5-11H,2-4,12H2,1H3,(H,23,26)(H,24,27)(H,25,28). The summed E-state index contributed by atoms with van der Waals surface area (Å²) in [5.41, 5.74) is 5.50. The molecule has 7 nitrogen and oxygen atoms in total. The largest absolute Gasteiger partial charge is 0.482 e. The van der Waals surface area contributed by atoms with Gasteiger partial charge in [-0.3, -0.25) is 25.2 Å². The number of nitrogens with one attached hydrogen (secondary N) is 3. The molecule has 0 heterocycles. The number of rotatable bonds is 8. The highest BCUT2D eigenvalue weighted by atomic mass is 79.9. The summed E-state index contributed by atoms with van der Waals surface area (Å²) in [4.78, 5) is 35.7. The van der Waals surface area contributed by atoms with Gasteiger partial charge in [-0.15, -0.1) is 0 Å². The molecule has 2 aromatic rings. The van der Waals surface area contributed by atoms with Crippen LogP contribution in [-0.4, -0.2) is 24.3 Å². The van der Waals surface area contributed by atoms with E-state index in [1.807, 2.05) is 6.92 Å². The van der Waals surface area contributed by atoms with Gasteiger partial charge >= 0.3 is 0 Å². The molecule has 0 spiro atoms. The summed E-state index contributed by atoms with van der Waals surface area (Å²) in [6, 6.07) is 11.4. The Bertz CT molecular complexity index is 875. The second kappa shape index (κ2) is 11.4. The van der Waals surface area contributed by atoms with Crippen LogP contribution in [0.3, 0.4) is 0 Å². The maximum Gasteiger partial charge on any atom is 0.276 e. The molecular weight excluding hydrogens is 462 g/mol. The highest BCUT2D eigenvalue weighted by Crippen LogP contribution is 2.27. The molecule has 0 saturated carbocycles. The first-order valence-corrected chi connectivity index (χ1v) is 10.1. The van der Waals surface area contributed by atoms with Gasteiger partial charge < -0.3 is 10.1 Å². The van der Waals surface area contributed by atoms with E-state index in [-0.39, 0.29) is 12.5 Å². The first-order valence-electron chi connectivity index (χ1n) is 8.96. The van der Waals surface area contributed by atoms with Gasteiger partial charge in [0.25, 0.3) is 11.8 Å². The smallest absolute Gasteiger partial charge is 0.276 e. The second-order valence-electron chi connectivity index (χ2n) is 6.09. The van der Waals surface area contributed by atoms with Crippen LogP contribution in [0.4, 0.5) is 5.69 Å². The van der Waals surface area contributed by atoms with Gasteiger partial charge in [0, 0.05) is 22.1 Å². The molecule has 0 atom stereocenters. The molecule has 0 radical (unpaired) electrons. The number of carbonyl (C=O) groups excluding carboxylic acids is 3. The molecule has 2 aromatic carbocycles. The van der Waals surface area contributed by atoms with Crippen LogP contribution in [0.2, 0.25) is 5.02 Å². The van der Waals surface area contributed by atoms with Crippen molar-refractivity contribution in [1.82, 2.24) is 10.9 Å². The topological polar surface area (TPSA) is 96.5 Å². The predicted octanol–water partition coefficient (Wildman–Crippen LogP) is 4.07. The first kappa shape index (κ1) is 22.7. The lowest BCUT2D eigenvalue weighted by molar-refractivity contribution is -0.123. The first-order chi connectivity index (χ1) is 13.9. The SMILES string of the molecule is CCCCC(=O)Nc1ccc(C(=O)NNC(=O)COc2ccc(Br)cc2Cl)cc1. The van der Waals surface area contributed by atoms with E-state index in [0.717, 1.165) is 17.3 Å². The molecule has 0 unspecified atom stereocenters. The third kappa shape index (κ3) is 7.75. The van der Waals surface area contributed by atoms with Gasteiger partial charge in [0.1, 0.15) is 5.75 Å². The molecule has 3 N–H and O–H groups in total. The minimum absolute atomic E-state index is 0.0674. The summed E-state index contributed by atoms with van der Waals surface area (Å²) < 4.78 is 6.11. The number of unbranched alkanes of at least 4 members (excludes halogenated alkanes) is 1. The number of ether oxygens (including phenoxy) is 1. The zero-order valence-electron chi connectivity index (χ0n) is 15.8. The highest BCUT2D eigenvalue weighted by Gasteiger charge is 2.10. The fourth-order valence-corrected chi connectivity index (χ4v) is 2.96. The lowest BCUT2D eigenvalue weighted by atomic mass is 10.2. The lowest BCUT2D eigenvalue weighted by Crippen LogP contribution is -2.43. The van der Waals surface area contributed by atoms with Gasteiger partial charge in [0.05, 0.1) is 5.02 Å². The van der Waals surface area contributed by atoms with Crippen molar-refractivity contribution in [3.05, 3.63) is 57.5 Å². The van der Waals surface area contributed by atoms with Crippen molar-refractivity contribution in [2.45, 2.75) is 26.2 Å². The van der Waals surface area contributed by atoms with Crippen molar-refractivity contribution in [1.29, 1.82) is 0 Å². The third-order valence-electron chi connectivity index (χ3n) is 3.76. The molecular formula is C20H21BrClN3O4. The number of hydrogen-bond donors (Lipinski definition) is 3. The van der Waals surface area contributed by atoms with Crippen molar-refractivity contribution in [2.24, 2.45) is 0 Å². The molecule has 154 valence electrons. The third-order valence-corrected chi connectivity index (χ3v) is 4.55. The van der Waals surface area contributed by atoms with E-state index in [1.54, 1.807) is 42.5 Å². The van der Waals surface area contributed by atoms with E-state index in [0.29, 0.717) is 28.4 Å². The van der Waals surface area contributed by atoms with E-state index < -0.39 is 11.8 Å².